The Morgan fingerprint density at radius 1 is 0.839 bits per heavy atom. The highest BCUT2D eigenvalue weighted by molar-refractivity contribution is 5.95. The molecular formula is C25H35N3O3. The molecule has 3 amide bonds. The lowest BCUT2D eigenvalue weighted by Crippen LogP contribution is -2.56. The zero-order valence-corrected chi connectivity index (χ0v) is 18.6. The standard InChI is InChI=1S/C25H35N3O3/c1-17-8-2-3-12-20(17)24(30)27-22-14-5-4-13-21(22)26-23(29)19-11-7-15-28(16-19)25(31)18-9-6-10-18/h2-3,8,12,18-19,21-22H,4-7,9-11,13-16H2,1H3,(H,26,29)(H,27,30)/t19?,21-,22-/m1/s1. The number of amides is 3. The van der Waals surface area contributed by atoms with Crippen LogP contribution >= 0.6 is 0 Å². The molecule has 0 spiro atoms. The summed E-state index contributed by atoms with van der Waals surface area (Å²) < 4.78 is 0. The lowest BCUT2D eigenvalue weighted by Gasteiger charge is -2.38. The second kappa shape index (κ2) is 9.84. The third kappa shape index (κ3) is 5.10. The summed E-state index contributed by atoms with van der Waals surface area (Å²) in [4.78, 5) is 40.4. The molecule has 3 aliphatic rings. The quantitative estimate of drug-likeness (QED) is 0.760. The maximum atomic E-state index is 13.1. The van der Waals surface area contributed by atoms with Crippen LogP contribution in [-0.2, 0) is 9.59 Å². The summed E-state index contributed by atoms with van der Waals surface area (Å²) in [5.41, 5.74) is 1.64. The molecule has 0 aromatic heterocycles. The van der Waals surface area contributed by atoms with Crippen LogP contribution in [0.1, 0.15) is 73.7 Å². The number of benzene rings is 1. The summed E-state index contributed by atoms with van der Waals surface area (Å²) in [6.45, 7) is 3.25. The van der Waals surface area contributed by atoms with Crippen LogP contribution in [0.2, 0.25) is 0 Å². The Labute approximate surface area is 185 Å². The summed E-state index contributed by atoms with van der Waals surface area (Å²) in [7, 11) is 0. The fourth-order valence-electron chi connectivity index (χ4n) is 5.16. The van der Waals surface area contributed by atoms with Crippen molar-refractivity contribution in [2.45, 2.75) is 76.8 Å². The number of carbonyl (C=O) groups excluding carboxylic acids is 3. The minimum Gasteiger partial charge on any atom is -0.351 e. The first-order chi connectivity index (χ1) is 15.0. The van der Waals surface area contributed by atoms with Gasteiger partial charge >= 0.3 is 0 Å². The van der Waals surface area contributed by atoms with E-state index in [1.165, 1.54) is 0 Å². The van der Waals surface area contributed by atoms with Crippen LogP contribution in [-0.4, -0.2) is 47.8 Å². The van der Waals surface area contributed by atoms with Gasteiger partial charge in [-0.3, -0.25) is 14.4 Å². The van der Waals surface area contributed by atoms with Gasteiger partial charge in [0.05, 0.1) is 5.92 Å². The van der Waals surface area contributed by atoms with Crippen molar-refractivity contribution in [1.82, 2.24) is 15.5 Å². The van der Waals surface area contributed by atoms with Gasteiger partial charge in [0.25, 0.3) is 5.91 Å². The average Bonchev–Trinajstić information content (AvgIpc) is 2.74. The summed E-state index contributed by atoms with van der Waals surface area (Å²) in [5.74, 6) is 0.241. The lowest BCUT2D eigenvalue weighted by atomic mass is 9.83. The molecule has 0 radical (unpaired) electrons. The van der Waals surface area contributed by atoms with Crippen molar-refractivity contribution in [1.29, 1.82) is 0 Å². The van der Waals surface area contributed by atoms with Crippen molar-refractivity contribution in [2.24, 2.45) is 11.8 Å². The second-order valence-electron chi connectivity index (χ2n) is 9.55. The van der Waals surface area contributed by atoms with Gasteiger partial charge in [-0.05, 0) is 57.1 Å². The smallest absolute Gasteiger partial charge is 0.251 e. The highest BCUT2D eigenvalue weighted by Crippen LogP contribution is 2.30. The van der Waals surface area contributed by atoms with Crippen molar-refractivity contribution in [3.8, 4) is 0 Å². The lowest BCUT2D eigenvalue weighted by molar-refractivity contribution is -0.141. The van der Waals surface area contributed by atoms with Crippen LogP contribution in [0, 0.1) is 18.8 Å². The molecule has 1 aliphatic heterocycles. The zero-order chi connectivity index (χ0) is 21.8. The van der Waals surface area contributed by atoms with Gasteiger partial charge in [-0.25, -0.2) is 0 Å². The Hall–Kier alpha value is -2.37. The SMILES string of the molecule is Cc1ccccc1C(=O)N[C@@H]1CCCC[C@H]1NC(=O)C1CCCN(C(=O)C2CCC2)C1. The van der Waals surface area contributed by atoms with E-state index < -0.39 is 0 Å². The molecule has 6 heteroatoms. The zero-order valence-electron chi connectivity index (χ0n) is 18.6. The molecule has 2 N–H and O–H groups in total. The van der Waals surface area contributed by atoms with Crippen molar-refractivity contribution < 1.29 is 14.4 Å². The molecule has 1 heterocycles. The predicted octanol–water partition coefficient (Wildman–Crippen LogP) is 3.19. The number of nitrogens with zero attached hydrogens (tertiary/aromatic N) is 1. The van der Waals surface area contributed by atoms with Crippen molar-refractivity contribution in [2.75, 3.05) is 13.1 Å². The van der Waals surface area contributed by atoms with E-state index in [2.05, 4.69) is 10.6 Å². The fraction of sp³-hybridized carbons (Fsp3) is 0.640. The Balaban J connectivity index is 1.35. The molecule has 3 atom stereocenters. The molecule has 6 nitrogen and oxygen atoms in total. The van der Waals surface area contributed by atoms with Crippen molar-refractivity contribution >= 4 is 17.7 Å². The van der Waals surface area contributed by atoms with E-state index in [4.69, 9.17) is 0 Å². The minimum atomic E-state index is -0.146. The maximum absolute atomic E-state index is 13.1. The molecule has 31 heavy (non-hydrogen) atoms. The summed E-state index contributed by atoms with van der Waals surface area (Å²) in [6.07, 6.45) is 8.71. The van der Waals surface area contributed by atoms with Gasteiger partial charge in [-0.15, -0.1) is 0 Å². The molecule has 168 valence electrons. The first kappa shape index (κ1) is 21.8. The maximum Gasteiger partial charge on any atom is 0.251 e. The molecule has 0 bridgehead atoms. The Morgan fingerprint density at radius 3 is 2.19 bits per heavy atom. The molecule has 2 saturated carbocycles. The van der Waals surface area contributed by atoms with E-state index in [9.17, 15) is 14.4 Å². The summed E-state index contributed by atoms with van der Waals surface area (Å²) >= 11 is 0. The number of likely N-dealkylation sites (tertiary alicyclic amines) is 1. The number of carbonyl (C=O) groups is 3. The Bertz CT molecular complexity index is 820. The van der Waals surface area contributed by atoms with E-state index in [0.29, 0.717) is 12.1 Å². The van der Waals surface area contributed by atoms with Gasteiger partial charge < -0.3 is 15.5 Å². The monoisotopic (exact) mass is 425 g/mol. The molecule has 4 rings (SSSR count). The first-order valence-electron chi connectivity index (χ1n) is 12.0. The van der Waals surface area contributed by atoms with Crippen molar-refractivity contribution in [3.63, 3.8) is 0 Å². The summed E-state index contributed by atoms with van der Waals surface area (Å²) in [5, 5.41) is 6.41. The minimum absolute atomic E-state index is 0.0353. The van der Waals surface area contributed by atoms with Crippen LogP contribution in [0.15, 0.2) is 24.3 Å². The number of hydrogen-bond acceptors (Lipinski definition) is 3. The van der Waals surface area contributed by atoms with E-state index >= 15 is 0 Å². The van der Waals surface area contributed by atoms with Gasteiger partial charge in [0.2, 0.25) is 11.8 Å². The van der Waals surface area contributed by atoms with Gasteiger partial charge in [-0.2, -0.15) is 0 Å². The molecule has 3 fully saturated rings. The van der Waals surface area contributed by atoms with Gasteiger partial charge in [0.1, 0.15) is 0 Å². The molecule has 1 unspecified atom stereocenters. The van der Waals surface area contributed by atoms with Crippen LogP contribution in [0.25, 0.3) is 0 Å². The fourth-order valence-corrected chi connectivity index (χ4v) is 5.16. The van der Waals surface area contributed by atoms with Gasteiger partial charge in [0, 0.05) is 36.7 Å². The Kier molecular flexibility index (Phi) is 6.93. The number of aryl methyl sites for hydroxylation is 1. The number of rotatable bonds is 5. The van der Waals surface area contributed by atoms with Gasteiger partial charge in [0.15, 0.2) is 0 Å². The highest BCUT2D eigenvalue weighted by Gasteiger charge is 2.36. The number of nitrogens with one attached hydrogen (secondary N) is 2. The molecule has 2 aliphatic carbocycles. The number of piperidine rings is 1. The Morgan fingerprint density at radius 2 is 1.52 bits per heavy atom. The predicted molar refractivity (Wildman–Crippen MR) is 119 cm³/mol. The normalized spacial score (nSPS) is 26.6. The van der Waals surface area contributed by atoms with E-state index in [-0.39, 0.29) is 41.6 Å². The van der Waals surface area contributed by atoms with Crippen LogP contribution < -0.4 is 10.6 Å². The molecule has 1 aromatic carbocycles. The first-order valence-corrected chi connectivity index (χ1v) is 12.0. The third-order valence-corrected chi connectivity index (χ3v) is 7.36. The topological polar surface area (TPSA) is 78.5 Å². The highest BCUT2D eigenvalue weighted by atomic mass is 16.2. The van der Waals surface area contributed by atoms with Crippen molar-refractivity contribution in [3.05, 3.63) is 35.4 Å². The van der Waals surface area contributed by atoms with E-state index in [0.717, 1.165) is 69.9 Å². The number of hydrogen-bond donors (Lipinski definition) is 2. The molecule has 1 aromatic rings. The average molecular weight is 426 g/mol. The summed E-state index contributed by atoms with van der Waals surface area (Å²) in [6, 6.07) is 7.49. The van der Waals surface area contributed by atoms with Crippen LogP contribution in [0.5, 0.6) is 0 Å². The molecule has 1 saturated heterocycles. The van der Waals surface area contributed by atoms with Crippen LogP contribution in [0.4, 0.5) is 0 Å². The van der Waals surface area contributed by atoms with E-state index in [1.54, 1.807) is 0 Å². The van der Waals surface area contributed by atoms with Gasteiger partial charge in [-0.1, -0.05) is 37.5 Å². The molecular weight excluding hydrogens is 390 g/mol. The van der Waals surface area contributed by atoms with Crippen LogP contribution in [0.3, 0.4) is 0 Å². The van der Waals surface area contributed by atoms with E-state index in [1.807, 2.05) is 36.1 Å². The largest absolute Gasteiger partial charge is 0.351 e. The third-order valence-electron chi connectivity index (χ3n) is 7.36. The second-order valence-corrected chi connectivity index (χ2v) is 9.55.